The van der Waals surface area contributed by atoms with E-state index in [1.165, 1.54) is 5.56 Å². The molecule has 0 amide bonds. The van der Waals surface area contributed by atoms with Crippen LogP contribution in [0.5, 0.6) is 0 Å². The first-order valence-corrected chi connectivity index (χ1v) is 5.95. The zero-order valence-electron chi connectivity index (χ0n) is 10.3. The van der Waals surface area contributed by atoms with E-state index in [-0.39, 0.29) is 0 Å². The lowest BCUT2D eigenvalue weighted by atomic mass is 9.93. The minimum Gasteiger partial charge on any atom is -0.387 e. The molecule has 0 saturated heterocycles. The molecule has 1 unspecified atom stereocenters. The fourth-order valence-electron chi connectivity index (χ4n) is 1.89. The topological polar surface area (TPSA) is 29.5 Å². The van der Waals surface area contributed by atoms with Gasteiger partial charge in [0, 0.05) is 7.11 Å². The van der Waals surface area contributed by atoms with Crippen molar-refractivity contribution in [3.63, 3.8) is 0 Å². The zero-order valence-corrected chi connectivity index (χ0v) is 10.3. The van der Waals surface area contributed by atoms with Gasteiger partial charge in [-0.1, -0.05) is 37.3 Å². The Morgan fingerprint density at radius 2 is 1.94 bits per heavy atom. The van der Waals surface area contributed by atoms with Gasteiger partial charge in [0.1, 0.15) is 0 Å². The molecule has 0 fully saturated rings. The van der Waals surface area contributed by atoms with Gasteiger partial charge in [-0.3, -0.25) is 0 Å². The fraction of sp³-hybridized carbons (Fsp3) is 0.571. The van der Waals surface area contributed by atoms with Gasteiger partial charge in [-0.05, 0) is 31.2 Å². The molecule has 0 aliphatic heterocycles. The Morgan fingerprint density at radius 3 is 2.50 bits per heavy atom. The van der Waals surface area contributed by atoms with E-state index < -0.39 is 5.60 Å². The van der Waals surface area contributed by atoms with Crippen LogP contribution in [0.2, 0.25) is 0 Å². The Morgan fingerprint density at radius 1 is 1.25 bits per heavy atom. The van der Waals surface area contributed by atoms with Crippen LogP contribution < -0.4 is 0 Å². The molecule has 2 heteroatoms. The van der Waals surface area contributed by atoms with Crippen molar-refractivity contribution in [1.29, 1.82) is 0 Å². The standard InChI is InChI=1S/C14H22O2/c1-3-14(15,12-16-2)11-7-10-13-8-5-4-6-9-13/h4-6,8-9,15H,3,7,10-12H2,1-2H3. The summed E-state index contributed by atoms with van der Waals surface area (Å²) in [5, 5.41) is 10.2. The molecule has 0 bridgehead atoms. The number of aryl methyl sites for hydroxylation is 1. The molecular weight excluding hydrogens is 200 g/mol. The quantitative estimate of drug-likeness (QED) is 0.768. The summed E-state index contributed by atoms with van der Waals surface area (Å²) in [6.07, 6.45) is 3.56. The smallest absolute Gasteiger partial charge is 0.0877 e. The van der Waals surface area contributed by atoms with Crippen LogP contribution >= 0.6 is 0 Å². The van der Waals surface area contributed by atoms with E-state index >= 15 is 0 Å². The highest BCUT2D eigenvalue weighted by atomic mass is 16.5. The Balaban J connectivity index is 2.34. The highest BCUT2D eigenvalue weighted by Gasteiger charge is 2.23. The van der Waals surface area contributed by atoms with Gasteiger partial charge in [0.25, 0.3) is 0 Å². The average Bonchev–Trinajstić information content (AvgIpc) is 2.31. The molecule has 0 aliphatic carbocycles. The van der Waals surface area contributed by atoms with Crippen LogP contribution in [0.3, 0.4) is 0 Å². The molecule has 0 heterocycles. The molecule has 1 atom stereocenters. The van der Waals surface area contributed by atoms with Crippen molar-refractivity contribution in [1.82, 2.24) is 0 Å². The molecule has 0 saturated carbocycles. The minimum absolute atomic E-state index is 0.429. The van der Waals surface area contributed by atoms with Gasteiger partial charge in [-0.25, -0.2) is 0 Å². The van der Waals surface area contributed by atoms with Crippen LogP contribution in [-0.2, 0) is 11.2 Å². The first-order chi connectivity index (χ1) is 7.70. The lowest BCUT2D eigenvalue weighted by Crippen LogP contribution is -2.33. The van der Waals surface area contributed by atoms with Gasteiger partial charge in [-0.2, -0.15) is 0 Å². The Hall–Kier alpha value is -0.860. The number of methoxy groups -OCH3 is 1. The van der Waals surface area contributed by atoms with E-state index in [1.807, 2.05) is 13.0 Å². The number of rotatable bonds is 7. The second-order valence-electron chi connectivity index (χ2n) is 4.35. The van der Waals surface area contributed by atoms with Crippen LogP contribution in [0.1, 0.15) is 31.7 Å². The zero-order chi connectivity index (χ0) is 11.9. The predicted molar refractivity (Wildman–Crippen MR) is 66.5 cm³/mol. The van der Waals surface area contributed by atoms with E-state index in [1.54, 1.807) is 7.11 Å². The number of hydrogen-bond donors (Lipinski definition) is 1. The largest absolute Gasteiger partial charge is 0.387 e. The number of hydrogen-bond acceptors (Lipinski definition) is 2. The molecule has 0 radical (unpaired) electrons. The number of aliphatic hydroxyl groups is 1. The molecule has 90 valence electrons. The monoisotopic (exact) mass is 222 g/mol. The van der Waals surface area contributed by atoms with Crippen molar-refractivity contribution < 1.29 is 9.84 Å². The van der Waals surface area contributed by atoms with E-state index in [4.69, 9.17) is 4.74 Å². The van der Waals surface area contributed by atoms with Gasteiger partial charge in [0.05, 0.1) is 12.2 Å². The molecule has 1 aromatic rings. The van der Waals surface area contributed by atoms with E-state index in [9.17, 15) is 5.11 Å². The van der Waals surface area contributed by atoms with Crippen molar-refractivity contribution in [3.05, 3.63) is 35.9 Å². The first kappa shape index (κ1) is 13.2. The number of ether oxygens (including phenoxy) is 1. The highest BCUT2D eigenvalue weighted by Crippen LogP contribution is 2.19. The summed E-state index contributed by atoms with van der Waals surface area (Å²) in [6, 6.07) is 10.4. The van der Waals surface area contributed by atoms with Crippen LogP contribution in [0.25, 0.3) is 0 Å². The lowest BCUT2D eigenvalue weighted by Gasteiger charge is -2.25. The molecular formula is C14H22O2. The van der Waals surface area contributed by atoms with Crippen molar-refractivity contribution in [2.75, 3.05) is 13.7 Å². The molecule has 0 aromatic heterocycles. The number of benzene rings is 1. The second kappa shape index (κ2) is 6.66. The third kappa shape index (κ3) is 4.33. The fourth-order valence-corrected chi connectivity index (χ4v) is 1.89. The third-order valence-electron chi connectivity index (χ3n) is 3.02. The van der Waals surface area contributed by atoms with Gasteiger partial charge in [-0.15, -0.1) is 0 Å². The van der Waals surface area contributed by atoms with Crippen LogP contribution in [0.4, 0.5) is 0 Å². The third-order valence-corrected chi connectivity index (χ3v) is 3.02. The summed E-state index contributed by atoms with van der Waals surface area (Å²) in [6.45, 7) is 2.43. The van der Waals surface area contributed by atoms with E-state index in [2.05, 4.69) is 24.3 Å². The van der Waals surface area contributed by atoms with Gasteiger partial charge in [0.2, 0.25) is 0 Å². The SMILES string of the molecule is CCC(O)(CCCc1ccccc1)COC. The van der Waals surface area contributed by atoms with Crippen LogP contribution in [0.15, 0.2) is 30.3 Å². The molecule has 1 N–H and O–H groups in total. The predicted octanol–water partition coefficient (Wildman–Crippen LogP) is 2.80. The maximum atomic E-state index is 10.2. The Labute approximate surface area is 98.3 Å². The summed E-state index contributed by atoms with van der Waals surface area (Å²) in [5.74, 6) is 0. The van der Waals surface area contributed by atoms with Crippen molar-refractivity contribution in [2.45, 2.75) is 38.2 Å². The van der Waals surface area contributed by atoms with E-state index in [0.717, 1.165) is 25.7 Å². The first-order valence-electron chi connectivity index (χ1n) is 5.95. The second-order valence-corrected chi connectivity index (χ2v) is 4.35. The molecule has 16 heavy (non-hydrogen) atoms. The molecule has 0 aliphatic rings. The average molecular weight is 222 g/mol. The van der Waals surface area contributed by atoms with Gasteiger partial charge >= 0.3 is 0 Å². The van der Waals surface area contributed by atoms with E-state index in [0.29, 0.717) is 6.61 Å². The van der Waals surface area contributed by atoms with Crippen molar-refractivity contribution >= 4 is 0 Å². The Kier molecular flexibility index (Phi) is 5.50. The van der Waals surface area contributed by atoms with Crippen molar-refractivity contribution in [2.24, 2.45) is 0 Å². The maximum Gasteiger partial charge on any atom is 0.0877 e. The molecule has 1 aromatic carbocycles. The molecule has 2 nitrogen and oxygen atoms in total. The summed E-state index contributed by atoms with van der Waals surface area (Å²) in [4.78, 5) is 0. The van der Waals surface area contributed by atoms with Gasteiger partial charge in [0.15, 0.2) is 0 Å². The van der Waals surface area contributed by atoms with Crippen LogP contribution in [0, 0.1) is 0 Å². The highest BCUT2D eigenvalue weighted by molar-refractivity contribution is 5.14. The summed E-state index contributed by atoms with van der Waals surface area (Å²) in [7, 11) is 1.64. The Bertz CT molecular complexity index is 284. The van der Waals surface area contributed by atoms with Crippen molar-refractivity contribution in [3.8, 4) is 0 Å². The van der Waals surface area contributed by atoms with Crippen LogP contribution in [-0.4, -0.2) is 24.4 Å². The summed E-state index contributed by atoms with van der Waals surface area (Å²) >= 11 is 0. The minimum atomic E-state index is -0.649. The molecule has 0 spiro atoms. The molecule has 1 rings (SSSR count). The van der Waals surface area contributed by atoms with Gasteiger partial charge < -0.3 is 9.84 Å². The summed E-state index contributed by atoms with van der Waals surface area (Å²) < 4.78 is 5.05. The maximum absolute atomic E-state index is 10.2. The lowest BCUT2D eigenvalue weighted by molar-refractivity contribution is -0.0408. The summed E-state index contributed by atoms with van der Waals surface area (Å²) in [5.41, 5.74) is 0.683. The normalized spacial score (nSPS) is 14.7.